The molecular weight excluding hydrogens is 596 g/mol. The Morgan fingerprint density at radius 2 is 1.40 bits per heavy atom. The number of amides is 3. The fourth-order valence-corrected chi connectivity index (χ4v) is 6.00. The molecule has 3 aromatic rings. The lowest BCUT2D eigenvalue weighted by Crippen LogP contribution is -2.69. The molecule has 3 aromatic carbocycles. The molecule has 250 valence electrons. The first-order chi connectivity index (χ1) is 22.8. The van der Waals surface area contributed by atoms with Crippen LogP contribution in [0.1, 0.15) is 56.2 Å². The summed E-state index contributed by atoms with van der Waals surface area (Å²) < 4.78 is 10.3. The number of benzene rings is 3. The Hall–Kier alpha value is -4.70. The van der Waals surface area contributed by atoms with Crippen LogP contribution < -0.4 is 10.6 Å². The highest BCUT2D eigenvalue weighted by Crippen LogP contribution is 2.34. The minimum atomic E-state index is -1.30. The largest absolute Gasteiger partial charge is 0.469 e. The van der Waals surface area contributed by atoms with E-state index in [0.29, 0.717) is 38.9 Å². The van der Waals surface area contributed by atoms with Gasteiger partial charge in [-0.2, -0.15) is 0 Å². The van der Waals surface area contributed by atoms with Gasteiger partial charge in [0.25, 0.3) is 0 Å². The number of rotatable bonds is 14. The molecular formula is C37H46N4O6. The molecule has 0 bridgehead atoms. The van der Waals surface area contributed by atoms with Crippen LogP contribution in [0.3, 0.4) is 0 Å². The zero-order valence-electron chi connectivity index (χ0n) is 27.5. The number of esters is 1. The molecule has 0 aliphatic carbocycles. The molecule has 0 spiro atoms. The lowest BCUT2D eigenvalue weighted by atomic mass is 9.82. The number of carbonyl (C=O) groups excluding carboxylic acids is 4. The van der Waals surface area contributed by atoms with E-state index in [4.69, 9.17) is 9.47 Å². The number of likely N-dealkylation sites (tertiary alicyclic amines) is 1. The third-order valence-corrected chi connectivity index (χ3v) is 8.78. The van der Waals surface area contributed by atoms with Gasteiger partial charge in [0.05, 0.1) is 13.5 Å². The number of alkyl carbamates (subject to hydrolysis) is 1. The van der Waals surface area contributed by atoms with Crippen LogP contribution in [0.2, 0.25) is 0 Å². The van der Waals surface area contributed by atoms with E-state index < -0.39 is 36.0 Å². The van der Waals surface area contributed by atoms with Gasteiger partial charge in [-0.1, -0.05) is 97.9 Å². The van der Waals surface area contributed by atoms with E-state index in [0.717, 1.165) is 17.7 Å². The smallest absolute Gasteiger partial charge is 0.408 e. The summed E-state index contributed by atoms with van der Waals surface area (Å²) in [5.41, 5.74) is 1.65. The van der Waals surface area contributed by atoms with Gasteiger partial charge in [-0.15, -0.1) is 0 Å². The van der Waals surface area contributed by atoms with Crippen molar-refractivity contribution in [3.63, 3.8) is 0 Å². The number of nitrogens with one attached hydrogen (secondary N) is 2. The predicted molar refractivity (Wildman–Crippen MR) is 179 cm³/mol. The van der Waals surface area contributed by atoms with Crippen LogP contribution in [0.4, 0.5) is 4.79 Å². The lowest BCUT2D eigenvalue weighted by molar-refractivity contribution is -0.158. The maximum absolute atomic E-state index is 14.6. The Bertz CT molecular complexity index is 1450. The van der Waals surface area contributed by atoms with Crippen LogP contribution >= 0.6 is 0 Å². The standard InChI is InChI=1S/C37H46N4O6/c1-4-28(2)41(34(43)32(24-33(42)46-3)39-36(45)47-27-31-18-12-7-13-19-31)37(35(44)38-25-29-14-8-5-9-15-29)20-22-40(23-21-37)26-30-16-10-6-11-17-30/h5-19,28,32H,4,20-27H2,1-3H3,(H,38,44)(H,39,45)/t28?,32-/m0/s1. The van der Waals surface area contributed by atoms with Gasteiger partial charge in [0, 0.05) is 32.2 Å². The molecule has 1 unspecified atom stereocenters. The summed E-state index contributed by atoms with van der Waals surface area (Å²) in [4.78, 5) is 58.4. The zero-order chi connectivity index (χ0) is 33.6. The molecule has 10 heteroatoms. The van der Waals surface area contributed by atoms with Crippen molar-refractivity contribution in [2.24, 2.45) is 0 Å². The number of nitrogens with zero attached hydrogens (tertiary/aromatic N) is 2. The van der Waals surface area contributed by atoms with Crippen molar-refractivity contribution in [2.45, 2.75) is 76.8 Å². The van der Waals surface area contributed by atoms with Gasteiger partial charge in [-0.3, -0.25) is 19.3 Å². The molecule has 0 saturated carbocycles. The lowest BCUT2D eigenvalue weighted by Gasteiger charge is -2.50. The Kier molecular flexibility index (Phi) is 12.9. The fourth-order valence-electron chi connectivity index (χ4n) is 6.00. The van der Waals surface area contributed by atoms with Crippen LogP contribution in [-0.2, 0) is 43.6 Å². The third-order valence-electron chi connectivity index (χ3n) is 8.78. The minimum Gasteiger partial charge on any atom is -0.469 e. The molecule has 4 rings (SSSR count). The van der Waals surface area contributed by atoms with Gasteiger partial charge in [0.15, 0.2) is 0 Å². The van der Waals surface area contributed by atoms with Crippen LogP contribution in [0.5, 0.6) is 0 Å². The fraction of sp³-hybridized carbons (Fsp3) is 0.405. The monoisotopic (exact) mass is 642 g/mol. The second-order valence-electron chi connectivity index (χ2n) is 12.0. The van der Waals surface area contributed by atoms with Crippen molar-refractivity contribution >= 4 is 23.9 Å². The molecule has 1 aliphatic rings. The highest BCUT2D eigenvalue weighted by atomic mass is 16.5. The molecule has 3 amide bonds. The van der Waals surface area contributed by atoms with E-state index in [1.807, 2.05) is 92.7 Å². The van der Waals surface area contributed by atoms with Crippen molar-refractivity contribution in [3.05, 3.63) is 108 Å². The molecule has 1 fully saturated rings. The topological polar surface area (TPSA) is 117 Å². The first-order valence-corrected chi connectivity index (χ1v) is 16.2. The second kappa shape index (κ2) is 17.3. The highest BCUT2D eigenvalue weighted by Gasteiger charge is 2.51. The summed E-state index contributed by atoms with van der Waals surface area (Å²) in [7, 11) is 1.23. The van der Waals surface area contributed by atoms with Crippen molar-refractivity contribution in [3.8, 4) is 0 Å². The maximum Gasteiger partial charge on any atom is 0.408 e. The normalized spacial score (nSPS) is 15.5. The third kappa shape index (κ3) is 9.65. The molecule has 10 nitrogen and oxygen atoms in total. The predicted octanol–water partition coefficient (Wildman–Crippen LogP) is 4.82. The van der Waals surface area contributed by atoms with Crippen molar-refractivity contribution in [1.29, 1.82) is 0 Å². The summed E-state index contributed by atoms with van der Waals surface area (Å²) in [6.07, 6.45) is 0.0431. The second-order valence-corrected chi connectivity index (χ2v) is 12.0. The number of carbonyl (C=O) groups is 4. The van der Waals surface area contributed by atoms with E-state index in [9.17, 15) is 19.2 Å². The van der Waals surface area contributed by atoms with Crippen LogP contribution in [0, 0.1) is 0 Å². The Morgan fingerprint density at radius 3 is 1.96 bits per heavy atom. The number of piperidine rings is 1. The number of ether oxygens (including phenoxy) is 2. The summed E-state index contributed by atoms with van der Waals surface area (Å²) >= 11 is 0. The molecule has 47 heavy (non-hydrogen) atoms. The van der Waals surface area contributed by atoms with Crippen LogP contribution in [0.25, 0.3) is 0 Å². The van der Waals surface area contributed by atoms with Gasteiger partial charge in [-0.05, 0) is 42.9 Å². The number of hydrogen-bond acceptors (Lipinski definition) is 7. The molecule has 1 saturated heterocycles. The molecule has 2 atom stereocenters. The van der Waals surface area contributed by atoms with E-state index >= 15 is 0 Å². The first kappa shape index (κ1) is 35.2. The number of methoxy groups -OCH3 is 1. The Morgan fingerprint density at radius 1 is 0.851 bits per heavy atom. The summed E-state index contributed by atoms with van der Waals surface area (Å²) in [5, 5.41) is 5.71. The van der Waals surface area contributed by atoms with Crippen LogP contribution in [-0.4, -0.2) is 71.5 Å². The molecule has 1 aliphatic heterocycles. The van der Waals surface area contributed by atoms with E-state index in [1.54, 1.807) is 4.90 Å². The van der Waals surface area contributed by atoms with E-state index in [1.165, 1.54) is 12.7 Å². The molecule has 0 radical (unpaired) electrons. The van der Waals surface area contributed by atoms with Crippen LogP contribution in [0.15, 0.2) is 91.0 Å². The molecule has 2 N–H and O–H groups in total. The number of hydrogen-bond donors (Lipinski definition) is 2. The van der Waals surface area contributed by atoms with Gasteiger partial charge in [-0.25, -0.2) is 4.79 Å². The van der Waals surface area contributed by atoms with Crippen molar-refractivity contribution in [1.82, 2.24) is 20.4 Å². The van der Waals surface area contributed by atoms with Gasteiger partial charge < -0.3 is 25.0 Å². The van der Waals surface area contributed by atoms with Gasteiger partial charge >= 0.3 is 12.1 Å². The summed E-state index contributed by atoms with van der Waals surface area (Å²) in [6, 6.07) is 27.2. The highest BCUT2D eigenvalue weighted by molar-refractivity contribution is 5.96. The van der Waals surface area contributed by atoms with E-state index in [2.05, 4.69) is 27.7 Å². The first-order valence-electron chi connectivity index (χ1n) is 16.2. The minimum absolute atomic E-state index is 0.00996. The molecule has 1 heterocycles. The SMILES string of the molecule is CCC(C)N(C(=O)[C@H](CC(=O)OC)NC(=O)OCc1ccccc1)C1(C(=O)NCc2ccccc2)CCN(Cc2ccccc2)CC1. The summed E-state index contributed by atoms with van der Waals surface area (Å²) in [6.45, 7) is 5.99. The average Bonchev–Trinajstić information content (AvgIpc) is 3.11. The van der Waals surface area contributed by atoms with Gasteiger partial charge in [0.1, 0.15) is 18.2 Å². The van der Waals surface area contributed by atoms with Crippen molar-refractivity contribution < 1.29 is 28.7 Å². The maximum atomic E-state index is 14.6. The average molecular weight is 643 g/mol. The summed E-state index contributed by atoms with van der Waals surface area (Å²) in [5.74, 6) is -1.47. The Balaban J connectivity index is 1.61. The van der Waals surface area contributed by atoms with Gasteiger partial charge in [0.2, 0.25) is 11.8 Å². The zero-order valence-corrected chi connectivity index (χ0v) is 27.5. The van der Waals surface area contributed by atoms with E-state index in [-0.39, 0.29) is 18.6 Å². The molecule has 0 aromatic heterocycles. The Labute approximate surface area is 277 Å². The quantitative estimate of drug-likeness (QED) is 0.242. The van der Waals surface area contributed by atoms with Crippen molar-refractivity contribution in [2.75, 3.05) is 20.2 Å².